The molecule has 0 spiro atoms. The molecule has 28 heavy (non-hydrogen) atoms. The average molecular weight is 376 g/mol. The normalized spacial score (nSPS) is 27.1. The second kappa shape index (κ2) is 6.83. The summed E-state index contributed by atoms with van der Waals surface area (Å²) < 4.78 is 5.89. The van der Waals surface area contributed by atoms with E-state index in [0.717, 1.165) is 27.8 Å². The van der Waals surface area contributed by atoms with Gasteiger partial charge in [0, 0.05) is 0 Å². The lowest BCUT2D eigenvalue weighted by Crippen LogP contribution is -2.50. The molecule has 4 rings (SSSR count). The van der Waals surface area contributed by atoms with E-state index in [1.165, 1.54) is 6.08 Å². The minimum atomic E-state index is -2.14. The molecule has 4 nitrogen and oxygen atoms in total. The Bertz CT molecular complexity index is 972. The van der Waals surface area contributed by atoms with Crippen LogP contribution in [0, 0.1) is 0 Å². The topological polar surface area (TPSA) is 69.9 Å². The van der Waals surface area contributed by atoms with E-state index in [-0.39, 0.29) is 6.61 Å². The molecule has 0 heterocycles. The zero-order valence-electron chi connectivity index (χ0n) is 15.7. The predicted molar refractivity (Wildman–Crippen MR) is 109 cm³/mol. The number of hydrogen-bond acceptors (Lipinski definition) is 4. The molecule has 2 aromatic rings. The summed E-state index contributed by atoms with van der Waals surface area (Å²) >= 11 is 0. The molecule has 0 saturated carbocycles. The summed E-state index contributed by atoms with van der Waals surface area (Å²) in [5.74, 6) is -5.41. The molecule has 144 valence electrons. The highest BCUT2D eigenvalue weighted by atomic mass is 16.6. The fourth-order valence-corrected chi connectivity index (χ4v) is 4.19. The van der Waals surface area contributed by atoms with Gasteiger partial charge in [-0.25, -0.2) is 0 Å². The van der Waals surface area contributed by atoms with Gasteiger partial charge in [-0.05, 0) is 41.3 Å². The number of ether oxygens (including phenoxy) is 1. The van der Waals surface area contributed by atoms with Gasteiger partial charge in [0.1, 0.15) is 0 Å². The van der Waals surface area contributed by atoms with Crippen LogP contribution in [0.1, 0.15) is 41.0 Å². The molecule has 3 atom stereocenters. The summed E-state index contributed by atoms with van der Waals surface area (Å²) in [5.41, 5.74) is 4.13. The Balaban J connectivity index is 1.91. The lowest BCUT2D eigenvalue weighted by molar-refractivity contribution is -0.214. The fourth-order valence-electron chi connectivity index (χ4n) is 4.19. The standard InChI is InChI=1S/C24H24O4/c1-16(2)15-28-24(27)14-12-18-8-4-6-10-20(18)22(24)21-19-9-5-3-7-17(19)11-13-23(21,25)26/h3-14,21-22,25-27H,1,15H2,2H3/t21-,22?,24?/m0/s1. The Morgan fingerprint density at radius 2 is 1.43 bits per heavy atom. The molecule has 2 aliphatic carbocycles. The predicted octanol–water partition coefficient (Wildman–Crippen LogP) is 3.57. The van der Waals surface area contributed by atoms with E-state index in [9.17, 15) is 15.3 Å². The van der Waals surface area contributed by atoms with E-state index in [2.05, 4.69) is 6.58 Å². The van der Waals surface area contributed by atoms with Crippen molar-refractivity contribution >= 4 is 12.2 Å². The zero-order chi connectivity index (χ0) is 19.9. The van der Waals surface area contributed by atoms with Crippen LogP contribution in [0.15, 0.2) is 72.8 Å². The third-order valence-corrected chi connectivity index (χ3v) is 5.46. The van der Waals surface area contributed by atoms with Gasteiger partial charge in [0.25, 0.3) is 0 Å². The maximum Gasteiger partial charge on any atom is 0.193 e. The van der Waals surface area contributed by atoms with Crippen molar-refractivity contribution in [2.75, 3.05) is 6.61 Å². The second-order valence-electron chi connectivity index (χ2n) is 7.66. The third kappa shape index (κ3) is 3.15. The molecule has 2 aliphatic rings. The Kier molecular flexibility index (Phi) is 4.60. The van der Waals surface area contributed by atoms with Gasteiger partial charge in [-0.2, -0.15) is 0 Å². The number of hydrogen-bond donors (Lipinski definition) is 3. The molecule has 3 N–H and O–H groups in total. The van der Waals surface area contributed by atoms with Crippen LogP contribution in [0.3, 0.4) is 0 Å². The Morgan fingerprint density at radius 3 is 2.04 bits per heavy atom. The van der Waals surface area contributed by atoms with Crippen LogP contribution in [0.2, 0.25) is 0 Å². The van der Waals surface area contributed by atoms with Crippen molar-refractivity contribution in [3.05, 3.63) is 95.1 Å². The molecule has 0 amide bonds. The van der Waals surface area contributed by atoms with Crippen LogP contribution in [0.25, 0.3) is 12.2 Å². The highest BCUT2D eigenvalue weighted by molar-refractivity contribution is 5.65. The summed E-state index contributed by atoms with van der Waals surface area (Å²) in [6, 6.07) is 15.2. The Labute approximate surface area is 164 Å². The Morgan fingerprint density at radius 1 is 0.893 bits per heavy atom. The minimum Gasteiger partial charge on any atom is -0.362 e. The van der Waals surface area contributed by atoms with Gasteiger partial charge in [0.05, 0.1) is 18.4 Å². The number of rotatable bonds is 4. The first-order valence-electron chi connectivity index (χ1n) is 9.33. The smallest absolute Gasteiger partial charge is 0.193 e. The molecule has 0 bridgehead atoms. The van der Waals surface area contributed by atoms with Gasteiger partial charge in [0.15, 0.2) is 11.6 Å². The van der Waals surface area contributed by atoms with Gasteiger partial charge in [0.2, 0.25) is 0 Å². The molecule has 2 unspecified atom stereocenters. The highest BCUT2D eigenvalue weighted by Crippen LogP contribution is 2.52. The van der Waals surface area contributed by atoms with Crippen LogP contribution < -0.4 is 0 Å². The van der Waals surface area contributed by atoms with Crippen molar-refractivity contribution in [1.29, 1.82) is 0 Å². The van der Waals surface area contributed by atoms with Crippen LogP contribution in [0.5, 0.6) is 0 Å². The lowest BCUT2D eigenvalue weighted by atomic mass is 9.66. The van der Waals surface area contributed by atoms with Crippen molar-refractivity contribution < 1.29 is 20.1 Å². The quantitative estimate of drug-likeness (QED) is 0.564. The third-order valence-electron chi connectivity index (χ3n) is 5.46. The number of fused-ring (bicyclic) bond motifs is 2. The SMILES string of the molecule is C=C(C)COC1(O)C=Cc2ccccc2C1[C@@H]1c2ccccc2C=CC1(O)O. The van der Waals surface area contributed by atoms with Crippen molar-refractivity contribution in [2.45, 2.75) is 30.3 Å². The lowest BCUT2D eigenvalue weighted by Gasteiger charge is -2.46. The molecule has 0 aromatic heterocycles. The molecule has 0 aliphatic heterocycles. The van der Waals surface area contributed by atoms with Crippen molar-refractivity contribution in [3.8, 4) is 0 Å². The molecular formula is C24H24O4. The summed E-state index contributed by atoms with van der Waals surface area (Å²) in [7, 11) is 0. The van der Waals surface area contributed by atoms with Gasteiger partial charge >= 0.3 is 0 Å². The summed E-state index contributed by atoms with van der Waals surface area (Å²) in [4.78, 5) is 0. The van der Waals surface area contributed by atoms with Gasteiger partial charge in [-0.1, -0.05) is 72.8 Å². The van der Waals surface area contributed by atoms with Crippen LogP contribution in [-0.4, -0.2) is 33.5 Å². The van der Waals surface area contributed by atoms with E-state index in [1.54, 1.807) is 12.2 Å². The van der Waals surface area contributed by atoms with Gasteiger partial charge in [-0.15, -0.1) is 0 Å². The van der Waals surface area contributed by atoms with E-state index in [4.69, 9.17) is 4.74 Å². The molecule has 0 fully saturated rings. The summed E-state index contributed by atoms with van der Waals surface area (Å²) in [5, 5.41) is 33.4. The summed E-state index contributed by atoms with van der Waals surface area (Å²) in [6.07, 6.45) is 6.48. The molecule has 4 heteroatoms. The molecule has 2 aromatic carbocycles. The van der Waals surface area contributed by atoms with Crippen molar-refractivity contribution in [1.82, 2.24) is 0 Å². The molecule has 0 saturated heterocycles. The van der Waals surface area contributed by atoms with Crippen LogP contribution in [0.4, 0.5) is 0 Å². The number of benzene rings is 2. The van der Waals surface area contributed by atoms with Gasteiger partial charge < -0.3 is 20.1 Å². The number of aliphatic hydroxyl groups is 3. The van der Waals surface area contributed by atoms with E-state index >= 15 is 0 Å². The second-order valence-corrected chi connectivity index (χ2v) is 7.66. The fraction of sp³-hybridized carbons (Fsp3) is 0.250. The van der Waals surface area contributed by atoms with E-state index < -0.39 is 23.4 Å². The van der Waals surface area contributed by atoms with Crippen molar-refractivity contribution in [3.63, 3.8) is 0 Å². The first-order valence-corrected chi connectivity index (χ1v) is 9.33. The highest BCUT2D eigenvalue weighted by Gasteiger charge is 2.52. The first kappa shape index (κ1) is 18.8. The van der Waals surface area contributed by atoms with Crippen molar-refractivity contribution in [2.24, 2.45) is 0 Å². The van der Waals surface area contributed by atoms with Gasteiger partial charge in [-0.3, -0.25) is 0 Å². The average Bonchev–Trinajstić information content (AvgIpc) is 2.67. The first-order chi connectivity index (χ1) is 13.3. The molecule has 0 radical (unpaired) electrons. The monoisotopic (exact) mass is 376 g/mol. The summed E-state index contributed by atoms with van der Waals surface area (Å²) in [6.45, 7) is 5.83. The largest absolute Gasteiger partial charge is 0.362 e. The maximum atomic E-state index is 11.5. The molecular weight excluding hydrogens is 352 g/mol. The van der Waals surface area contributed by atoms with Crippen LogP contribution >= 0.6 is 0 Å². The van der Waals surface area contributed by atoms with E-state index in [0.29, 0.717) is 0 Å². The Hall–Kier alpha value is -2.50. The zero-order valence-corrected chi connectivity index (χ0v) is 15.7. The van der Waals surface area contributed by atoms with E-state index in [1.807, 2.05) is 61.5 Å². The maximum absolute atomic E-state index is 11.5. The minimum absolute atomic E-state index is 0.160. The van der Waals surface area contributed by atoms with Crippen LogP contribution in [-0.2, 0) is 4.74 Å².